The van der Waals surface area contributed by atoms with Gasteiger partial charge in [-0.15, -0.1) is 11.8 Å². The number of carbonyl (C=O) groups is 1. The summed E-state index contributed by atoms with van der Waals surface area (Å²) in [6, 6.07) is 3.88. The second-order valence-corrected chi connectivity index (χ2v) is 7.32. The lowest BCUT2D eigenvalue weighted by Crippen LogP contribution is -2.41. The summed E-state index contributed by atoms with van der Waals surface area (Å²) in [6.07, 6.45) is -0.129. The normalized spacial score (nSPS) is 22.0. The largest absolute Gasteiger partial charge is 0.417 e. The molecule has 2 rings (SSSR count). The summed E-state index contributed by atoms with van der Waals surface area (Å²) in [4.78, 5) is 12.4. The van der Waals surface area contributed by atoms with Gasteiger partial charge in [0.2, 0.25) is 5.91 Å². The highest BCUT2D eigenvalue weighted by Crippen LogP contribution is 2.37. The smallest absolute Gasteiger partial charge is 0.352 e. The fourth-order valence-electron chi connectivity index (χ4n) is 2.74. The number of benzene rings is 1. The second-order valence-electron chi connectivity index (χ2n) is 5.86. The summed E-state index contributed by atoms with van der Waals surface area (Å²) in [5, 5.41) is 2.66. The van der Waals surface area contributed by atoms with E-state index in [1.165, 1.54) is 18.6 Å². The van der Waals surface area contributed by atoms with Gasteiger partial charge in [0.25, 0.3) is 0 Å². The Hall–Kier alpha value is -0.880. The zero-order valence-electron chi connectivity index (χ0n) is 12.8. The van der Waals surface area contributed by atoms with Crippen LogP contribution in [-0.4, -0.2) is 17.7 Å². The molecule has 23 heavy (non-hydrogen) atoms. The van der Waals surface area contributed by atoms with Gasteiger partial charge in [0.1, 0.15) is 0 Å². The molecule has 0 unspecified atom stereocenters. The van der Waals surface area contributed by atoms with Crippen LogP contribution >= 0.6 is 23.4 Å². The molecule has 1 N–H and O–H groups in total. The molecule has 1 fully saturated rings. The number of halogens is 4. The van der Waals surface area contributed by atoms with Gasteiger partial charge in [-0.2, -0.15) is 13.2 Å². The van der Waals surface area contributed by atoms with Crippen molar-refractivity contribution in [1.29, 1.82) is 0 Å². The van der Waals surface area contributed by atoms with E-state index in [2.05, 4.69) is 12.2 Å². The van der Waals surface area contributed by atoms with Crippen LogP contribution < -0.4 is 5.32 Å². The van der Waals surface area contributed by atoms with Crippen LogP contribution in [-0.2, 0) is 11.0 Å². The van der Waals surface area contributed by atoms with E-state index in [1.807, 2.05) is 0 Å². The number of amides is 1. The molecule has 2 atom stereocenters. The second kappa shape index (κ2) is 7.79. The maximum Gasteiger partial charge on any atom is 0.417 e. The monoisotopic (exact) mass is 365 g/mol. The molecular weight excluding hydrogens is 347 g/mol. The van der Waals surface area contributed by atoms with E-state index in [-0.39, 0.29) is 22.7 Å². The first-order valence-corrected chi connectivity index (χ1v) is 8.92. The lowest BCUT2D eigenvalue weighted by atomic mass is 9.86. The van der Waals surface area contributed by atoms with Crippen LogP contribution in [0.1, 0.15) is 38.2 Å². The molecule has 128 valence electrons. The van der Waals surface area contributed by atoms with Crippen molar-refractivity contribution >= 4 is 29.3 Å². The van der Waals surface area contributed by atoms with Gasteiger partial charge < -0.3 is 5.32 Å². The number of alkyl halides is 3. The molecule has 1 aliphatic rings. The van der Waals surface area contributed by atoms with E-state index in [0.29, 0.717) is 10.8 Å². The summed E-state index contributed by atoms with van der Waals surface area (Å²) in [6.45, 7) is 2.12. The summed E-state index contributed by atoms with van der Waals surface area (Å²) in [7, 11) is 0. The molecule has 7 heteroatoms. The lowest BCUT2D eigenvalue weighted by molar-refractivity contribution is -0.137. The predicted octanol–water partition coefficient (Wildman–Crippen LogP) is 5.15. The topological polar surface area (TPSA) is 29.1 Å². The fraction of sp³-hybridized carbons (Fsp3) is 0.562. The highest BCUT2D eigenvalue weighted by Gasteiger charge is 2.33. The molecule has 0 bridgehead atoms. The molecule has 2 nitrogen and oxygen atoms in total. The lowest BCUT2D eigenvalue weighted by Gasteiger charge is -2.29. The SMILES string of the molecule is C[C@@H]1CCCC[C@@H]1NC(=O)CSc1ccc(Cl)c(C(F)(F)F)c1. The molecule has 0 aliphatic heterocycles. The van der Waals surface area contributed by atoms with Crippen LogP contribution in [0.25, 0.3) is 0 Å². The number of nitrogens with one attached hydrogen (secondary N) is 1. The molecule has 1 aliphatic carbocycles. The Morgan fingerprint density at radius 1 is 1.35 bits per heavy atom. The van der Waals surface area contributed by atoms with Gasteiger partial charge in [-0.3, -0.25) is 4.79 Å². The van der Waals surface area contributed by atoms with Crippen LogP contribution in [0.5, 0.6) is 0 Å². The van der Waals surface area contributed by atoms with Crippen LogP contribution in [0.4, 0.5) is 13.2 Å². The van der Waals surface area contributed by atoms with Gasteiger partial charge in [0.15, 0.2) is 0 Å². The van der Waals surface area contributed by atoms with E-state index in [4.69, 9.17) is 11.6 Å². The van der Waals surface area contributed by atoms with Gasteiger partial charge in [-0.25, -0.2) is 0 Å². The molecule has 1 aromatic carbocycles. The summed E-state index contributed by atoms with van der Waals surface area (Å²) >= 11 is 6.67. The molecule has 0 saturated heterocycles. The first-order valence-electron chi connectivity index (χ1n) is 7.56. The first-order chi connectivity index (χ1) is 10.8. The van der Waals surface area contributed by atoms with Crippen molar-refractivity contribution in [3.63, 3.8) is 0 Å². The van der Waals surface area contributed by atoms with E-state index < -0.39 is 11.7 Å². The Morgan fingerprint density at radius 2 is 2.04 bits per heavy atom. The predicted molar refractivity (Wildman–Crippen MR) is 86.7 cm³/mol. The van der Waals surface area contributed by atoms with E-state index in [0.717, 1.165) is 37.1 Å². The van der Waals surface area contributed by atoms with Gasteiger partial charge >= 0.3 is 6.18 Å². The minimum Gasteiger partial charge on any atom is -0.352 e. The molecule has 0 radical (unpaired) electrons. The Bertz CT molecular complexity index is 565. The van der Waals surface area contributed by atoms with Crippen LogP contribution in [0.3, 0.4) is 0 Å². The standard InChI is InChI=1S/C16H19ClF3NOS/c1-10-4-2-3-5-14(10)21-15(22)9-23-11-6-7-13(17)12(8-11)16(18,19)20/h6-8,10,14H,2-5,9H2,1H3,(H,21,22)/t10-,14+/m1/s1. The van der Waals surface area contributed by atoms with Crippen molar-refractivity contribution in [2.24, 2.45) is 5.92 Å². The average molecular weight is 366 g/mol. The third-order valence-corrected chi connectivity index (χ3v) is 5.39. The number of carbonyl (C=O) groups excluding carboxylic acids is 1. The first kappa shape index (κ1) is 18.5. The zero-order valence-corrected chi connectivity index (χ0v) is 14.3. The summed E-state index contributed by atoms with van der Waals surface area (Å²) in [5.74, 6) is 0.407. The molecule has 1 amide bonds. The molecule has 0 spiro atoms. The van der Waals surface area contributed by atoms with Crippen molar-refractivity contribution in [3.8, 4) is 0 Å². The van der Waals surface area contributed by atoms with Crippen molar-refractivity contribution in [2.45, 2.75) is 49.7 Å². The van der Waals surface area contributed by atoms with Crippen molar-refractivity contribution < 1.29 is 18.0 Å². The Labute approximate surface area is 143 Å². The third kappa shape index (κ3) is 5.31. The molecule has 0 aromatic heterocycles. The Morgan fingerprint density at radius 3 is 2.70 bits per heavy atom. The fourth-order valence-corrected chi connectivity index (χ4v) is 3.71. The van der Waals surface area contributed by atoms with Gasteiger partial charge in [0, 0.05) is 10.9 Å². The molecule has 1 aromatic rings. The summed E-state index contributed by atoms with van der Waals surface area (Å²) < 4.78 is 38.4. The number of hydrogen-bond acceptors (Lipinski definition) is 2. The van der Waals surface area contributed by atoms with E-state index in [9.17, 15) is 18.0 Å². The van der Waals surface area contributed by atoms with Crippen LogP contribution in [0, 0.1) is 5.92 Å². The molecule has 0 heterocycles. The van der Waals surface area contributed by atoms with E-state index >= 15 is 0 Å². The Balaban J connectivity index is 1.91. The quantitative estimate of drug-likeness (QED) is 0.748. The summed E-state index contributed by atoms with van der Waals surface area (Å²) in [5.41, 5.74) is -0.870. The van der Waals surface area contributed by atoms with Crippen molar-refractivity contribution in [3.05, 3.63) is 28.8 Å². The van der Waals surface area contributed by atoms with Gasteiger partial charge in [-0.05, 0) is 37.0 Å². The van der Waals surface area contributed by atoms with Gasteiger partial charge in [0.05, 0.1) is 16.3 Å². The average Bonchev–Trinajstić information content (AvgIpc) is 2.47. The Kier molecular flexibility index (Phi) is 6.26. The molecular formula is C16H19ClF3NOS. The van der Waals surface area contributed by atoms with Gasteiger partial charge in [-0.1, -0.05) is 31.4 Å². The van der Waals surface area contributed by atoms with E-state index in [1.54, 1.807) is 0 Å². The number of hydrogen-bond donors (Lipinski definition) is 1. The number of thioether (sulfide) groups is 1. The highest BCUT2D eigenvalue weighted by molar-refractivity contribution is 8.00. The van der Waals surface area contributed by atoms with Crippen LogP contribution in [0.2, 0.25) is 5.02 Å². The van der Waals surface area contributed by atoms with Crippen molar-refractivity contribution in [2.75, 3.05) is 5.75 Å². The minimum atomic E-state index is -4.49. The highest BCUT2D eigenvalue weighted by atomic mass is 35.5. The third-order valence-electron chi connectivity index (χ3n) is 4.07. The number of rotatable bonds is 4. The van der Waals surface area contributed by atoms with Crippen LogP contribution in [0.15, 0.2) is 23.1 Å². The maximum absolute atomic E-state index is 12.8. The zero-order chi connectivity index (χ0) is 17.0. The molecule has 1 saturated carbocycles. The maximum atomic E-state index is 12.8. The van der Waals surface area contributed by atoms with Crippen molar-refractivity contribution in [1.82, 2.24) is 5.32 Å². The minimum absolute atomic E-state index is 0.0994.